The van der Waals surface area contributed by atoms with Gasteiger partial charge in [0.1, 0.15) is 12.6 Å². The number of fused-ring (bicyclic) bond motifs is 1. The number of nitrogens with zero attached hydrogens (tertiary/aromatic N) is 2. The third-order valence-electron chi connectivity index (χ3n) is 5.12. The Balaban J connectivity index is 1.90. The van der Waals surface area contributed by atoms with Crippen molar-refractivity contribution in [3.8, 4) is 11.5 Å². The summed E-state index contributed by atoms with van der Waals surface area (Å²) in [5.74, 6) is 0.0826. The molecule has 1 aliphatic heterocycles. The number of anilines is 1. The molecule has 0 fully saturated rings. The molecule has 0 unspecified atom stereocenters. The Hall–Kier alpha value is -3.27. The summed E-state index contributed by atoms with van der Waals surface area (Å²) >= 11 is 0. The first kappa shape index (κ1) is 24.4. The van der Waals surface area contributed by atoms with E-state index in [0.717, 1.165) is 16.1 Å². The van der Waals surface area contributed by atoms with E-state index >= 15 is 0 Å². The van der Waals surface area contributed by atoms with E-state index < -0.39 is 28.5 Å². The molecule has 0 radical (unpaired) electrons. The Morgan fingerprint density at radius 2 is 1.70 bits per heavy atom. The first-order valence-corrected chi connectivity index (χ1v) is 12.4. The Kier molecular flexibility index (Phi) is 7.47. The number of hydrogen-bond acceptors (Lipinski definition) is 6. The molecule has 2 aromatic carbocycles. The van der Waals surface area contributed by atoms with Crippen molar-refractivity contribution in [3.05, 3.63) is 54.1 Å². The van der Waals surface area contributed by atoms with Crippen molar-refractivity contribution in [1.82, 2.24) is 10.2 Å². The summed E-state index contributed by atoms with van der Waals surface area (Å²) in [6, 6.07) is 13.0. The van der Waals surface area contributed by atoms with E-state index in [-0.39, 0.29) is 31.0 Å². The zero-order chi connectivity index (χ0) is 24.2. The number of ether oxygens (including phenoxy) is 2. The summed E-state index contributed by atoms with van der Waals surface area (Å²) in [5.41, 5.74) is 1.10. The summed E-state index contributed by atoms with van der Waals surface area (Å²) in [4.78, 5) is 27.5. The molecule has 1 heterocycles. The fraction of sp³-hybridized carbons (Fsp3) is 0.391. The minimum absolute atomic E-state index is 0.0456. The van der Waals surface area contributed by atoms with Gasteiger partial charge in [0.15, 0.2) is 11.5 Å². The molecule has 0 aliphatic carbocycles. The zero-order valence-corrected chi connectivity index (χ0v) is 20.0. The van der Waals surface area contributed by atoms with Crippen LogP contribution in [0.3, 0.4) is 0 Å². The van der Waals surface area contributed by atoms with E-state index in [4.69, 9.17) is 9.47 Å². The van der Waals surface area contributed by atoms with Crippen molar-refractivity contribution in [2.75, 3.05) is 23.9 Å². The van der Waals surface area contributed by atoms with Crippen molar-refractivity contribution in [2.45, 2.75) is 39.4 Å². The minimum Gasteiger partial charge on any atom is -0.454 e. The molecule has 33 heavy (non-hydrogen) atoms. The van der Waals surface area contributed by atoms with Crippen molar-refractivity contribution < 1.29 is 27.5 Å². The average Bonchev–Trinajstić information content (AvgIpc) is 3.22. The lowest BCUT2D eigenvalue weighted by Crippen LogP contribution is -2.52. The lowest BCUT2D eigenvalue weighted by atomic mass is 10.1. The Morgan fingerprint density at radius 1 is 1.03 bits per heavy atom. The smallest absolute Gasteiger partial charge is 0.244 e. The Labute approximate surface area is 194 Å². The van der Waals surface area contributed by atoms with Gasteiger partial charge < -0.3 is 19.7 Å². The molecule has 0 bridgehead atoms. The van der Waals surface area contributed by atoms with Gasteiger partial charge in [0.05, 0.1) is 11.9 Å². The predicted octanol–water partition coefficient (Wildman–Crippen LogP) is 2.12. The first-order valence-electron chi connectivity index (χ1n) is 10.6. The number of sulfonamides is 1. The van der Waals surface area contributed by atoms with E-state index in [2.05, 4.69) is 5.32 Å². The highest BCUT2D eigenvalue weighted by Crippen LogP contribution is 2.36. The summed E-state index contributed by atoms with van der Waals surface area (Å²) in [7, 11) is -3.81. The van der Waals surface area contributed by atoms with Crippen LogP contribution in [0.5, 0.6) is 11.5 Å². The molecule has 2 aromatic rings. The van der Waals surface area contributed by atoms with Crippen LogP contribution in [0.15, 0.2) is 48.5 Å². The van der Waals surface area contributed by atoms with Crippen LogP contribution in [-0.4, -0.2) is 56.8 Å². The van der Waals surface area contributed by atoms with E-state index in [0.29, 0.717) is 11.5 Å². The normalized spacial score (nSPS) is 13.5. The number of benzene rings is 2. The molecule has 1 atom stereocenters. The SMILES string of the molecule is CC(C)NC(=O)[C@H](C)N(Cc1ccccc1)C(=O)CN(c1ccc2c(c1)OCO2)S(C)(=O)=O. The molecular formula is C23H29N3O6S. The van der Waals surface area contributed by atoms with E-state index in [1.54, 1.807) is 19.1 Å². The lowest BCUT2D eigenvalue weighted by molar-refractivity contribution is -0.139. The molecular weight excluding hydrogens is 446 g/mol. The maximum absolute atomic E-state index is 13.4. The molecule has 0 saturated carbocycles. The lowest BCUT2D eigenvalue weighted by Gasteiger charge is -2.31. The number of hydrogen-bond donors (Lipinski definition) is 1. The molecule has 2 amide bonds. The molecule has 178 valence electrons. The molecule has 10 heteroatoms. The van der Waals surface area contributed by atoms with Gasteiger partial charge >= 0.3 is 0 Å². The maximum atomic E-state index is 13.4. The predicted molar refractivity (Wildman–Crippen MR) is 124 cm³/mol. The average molecular weight is 476 g/mol. The van der Waals surface area contributed by atoms with E-state index in [1.807, 2.05) is 44.2 Å². The fourth-order valence-corrected chi connectivity index (χ4v) is 4.26. The van der Waals surface area contributed by atoms with Gasteiger partial charge in [-0.2, -0.15) is 0 Å². The number of rotatable bonds is 9. The molecule has 9 nitrogen and oxygen atoms in total. The quantitative estimate of drug-likeness (QED) is 0.596. The summed E-state index contributed by atoms with van der Waals surface area (Å²) in [6.45, 7) is 5.03. The van der Waals surface area contributed by atoms with Crippen molar-refractivity contribution in [1.29, 1.82) is 0 Å². The van der Waals surface area contributed by atoms with Crippen LogP contribution >= 0.6 is 0 Å². The first-order chi connectivity index (χ1) is 15.6. The van der Waals surface area contributed by atoms with Crippen molar-refractivity contribution in [2.24, 2.45) is 0 Å². The molecule has 1 N–H and O–H groups in total. The highest BCUT2D eigenvalue weighted by Gasteiger charge is 2.31. The van der Waals surface area contributed by atoms with Crippen LogP contribution < -0.4 is 19.1 Å². The molecule has 0 saturated heterocycles. The Bertz CT molecular complexity index is 1100. The van der Waals surface area contributed by atoms with Crippen LogP contribution in [0.25, 0.3) is 0 Å². The topological polar surface area (TPSA) is 105 Å². The number of nitrogens with one attached hydrogen (secondary N) is 1. The maximum Gasteiger partial charge on any atom is 0.244 e. The van der Waals surface area contributed by atoms with E-state index in [9.17, 15) is 18.0 Å². The van der Waals surface area contributed by atoms with Gasteiger partial charge in [0.25, 0.3) is 0 Å². The van der Waals surface area contributed by atoms with Gasteiger partial charge in [-0.3, -0.25) is 13.9 Å². The highest BCUT2D eigenvalue weighted by atomic mass is 32.2. The Morgan fingerprint density at radius 3 is 2.33 bits per heavy atom. The molecule has 0 spiro atoms. The molecule has 3 rings (SSSR count). The minimum atomic E-state index is -3.81. The largest absolute Gasteiger partial charge is 0.454 e. The monoisotopic (exact) mass is 475 g/mol. The van der Waals surface area contributed by atoms with Crippen LogP contribution in [0, 0.1) is 0 Å². The standard InChI is InChI=1S/C23H29N3O6S/c1-16(2)24-23(28)17(3)25(13-18-8-6-5-7-9-18)22(27)14-26(33(4,29)30)19-10-11-20-21(12-19)32-15-31-20/h5-12,16-17H,13-15H2,1-4H3,(H,24,28)/t17-/m0/s1. The van der Waals surface area contributed by atoms with Crippen LogP contribution in [0.1, 0.15) is 26.3 Å². The second-order valence-electron chi connectivity index (χ2n) is 8.15. The van der Waals surface area contributed by atoms with Gasteiger partial charge in [0, 0.05) is 18.7 Å². The van der Waals surface area contributed by atoms with Gasteiger partial charge in [-0.1, -0.05) is 30.3 Å². The summed E-state index contributed by atoms with van der Waals surface area (Å²) in [6.07, 6.45) is 1.03. The molecule has 0 aromatic heterocycles. The van der Waals surface area contributed by atoms with Crippen LogP contribution in [0.4, 0.5) is 5.69 Å². The van der Waals surface area contributed by atoms with Crippen molar-refractivity contribution in [3.63, 3.8) is 0 Å². The summed E-state index contributed by atoms with van der Waals surface area (Å²) in [5, 5.41) is 2.81. The third kappa shape index (κ3) is 6.16. The van der Waals surface area contributed by atoms with E-state index in [1.165, 1.54) is 11.0 Å². The van der Waals surface area contributed by atoms with Gasteiger partial charge in [-0.25, -0.2) is 8.42 Å². The second-order valence-corrected chi connectivity index (χ2v) is 10.1. The van der Waals surface area contributed by atoms with Gasteiger partial charge in [-0.05, 0) is 38.5 Å². The number of carbonyl (C=O) groups is 2. The number of amides is 2. The number of carbonyl (C=O) groups excluding carboxylic acids is 2. The summed E-state index contributed by atoms with van der Waals surface area (Å²) < 4.78 is 36.8. The van der Waals surface area contributed by atoms with Gasteiger partial charge in [-0.15, -0.1) is 0 Å². The van der Waals surface area contributed by atoms with Crippen LogP contribution in [0.2, 0.25) is 0 Å². The fourth-order valence-electron chi connectivity index (χ4n) is 3.42. The van der Waals surface area contributed by atoms with Crippen LogP contribution in [-0.2, 0) is 26.2 Å². The zero-order valence-electron chi connectivity index (χ0n) is 19.1. The van der Waals surface area contributed by atoms with Gasteiger partial charge in [0.2, 0.25) is 28.6 Å². The second kappa shape index (κ2) is 10.1. The third-order valence-corrected chi connectivity index (χ3v) is 6.26. The highest BCUT2D eigenvalue weighted by molar-refractivity contribution is 7.92. The molecule has 1 aliphatic rings. The van der Waals surface area contributed by atoms with Crippen molar-refractivity contribution >= 4 is 27.5 Å².